The topological polar surface area (TPSA) is 71.4 Å². The number of amides is 1. The zero-order chi connectivity index (χ0) is 21.7. The van der Waals surface area contributed by atoms with Crippen molar-refractivity contribution in [2.45, 2.75) is 20.5 Å². The lowest BCUT2D eigenvalue weighted by molar-refractivity contribution is -0.113. The highest BCUT2D eigenvalue weighted by Gasteiger charge is 2.31. The molecule has 0 saturated carbocycles. The number of rotatable bonds is 7. The first-order valence-corrected chi connectivity index (χ1v) is 10.2. The summed E-state index contributed by atoms with van der Waals surface area (Å²) in [5, 5.41) is 10.3. The van der Waals surface area contributed by atoms with Gasteiger partial charge in [0, 0.05) is 0 Å². The molecule has 9 heteroatoms. The Morgan fingerprint density at radius 3 is 2.57 bits per heavy atom. The maximum Gasteiger partial charge on any atom is 0.387 e. The minimum atomic E-state index is -2.92. The average molecular weight is 434 g/mol. The van der Waals surface area contributed by atoms with Crippen LogP contribution in [0.15, 0.2) is 53.2 Å². The Morgan fingerprint density at radius 2 is 1.93 bits per heavy atom. The summed E-state index contributed by atoms with van der Waals surface area (Å²) >= 11 is 1.39. The van der Waals surface area contributed by atoms with Gasteiger partial charge in [0.2, 0.25) is 0 Å². The summed E-state index contributed by atoms with van der Waals surface area (Å²) < 4.78 is 34.5. The number of carbonyl (C=O) groups excluding carboxylic acids is 1. The molecule has 2 aromatic carbocycles. The van der Waals surface area contributed by atoms with Gasteiger partial charge in [-0.15, -0.1) is 0 Å². The second-order valence-electron chi connectivity index (χ2n) is 6.03. The van der Waals surface area contributed by atoms with Crippen LogP contribution in [0, 0.1) is 0 Å². The monoisotopic (exact) mass is 434 g/mol. The molecule has 1 N–H and O–H groups in total. The van der Waals surface area contributed by atoms with E-state index < -0.39 is 6.61 Å². The van der Waals surface area contributed by atoms with Gasteiger partial charge >= 0.3 is 6.61 Å². The number of ether oxygens (including phenoxy) is 2. The summed E-state index contributed by atoms with van der Waals surface area (Å²) in [4.78, 5) is 18.9. The Bertz CT molecular complexity index is 977. The number of amidine groups is 1. The number of thioether (sulfide) groups is 1. The van der Waals surface area contributed by atoms with Crippen molar-refractivity contribution >= 4 is 34.6 Å². The number of hydrogen-bond acceptors (Lipinski definition) is 6. The van der Waals surface area contributed by atoms with Gasteiger partial charge in [-0.05, 0) is 60.7 Å². The predicted octanol–water partition coefficient (Wildman–Crippen LogP) is 4.89. The van der Waals surface area contributed by atoms with E-state index in [0.29, 0.717) is 34.5 Å². The quantitative estimate of drug-likeness (QED) is 0.629. The first kappa shape index (κ1) is 21.6. The molecule has 0 unspecified atom stereocenters. The minimum Gasteiger partial charge on any atom is -0.504 e. The molecule has 0 spiro atoms. The molecule has 1 amide bonds. The normalized spacial score (nSPS) is 15.1. The Morgan fingerprint density at radius 1 is 1.20 bits per heavy atom. The fourth-order valence-corrected chi connectivity index (χ4v) is 3.51. The third-order valence-electron chi connectivity index (χ3n) is 4.01. The molecular weight excluding hydrogens is 414 g/mol. The lowest BCUT2D eigenvalue weighted by atomic mass is 10.1. The van der Waals surface area contributed by atoms with Gasteiger partial charge in [0.1, 0.15) is 11.4 Å². The highest BCUT2D eigenvalue weighted by Crippen LogP contribution is 2.32. The lowest BCUT2D eigenvalue weighted by Gasteiger charge is -2.17. The number of anilines is 1. The van der Waals surface area contributed by atoms with Crippen LogP contribution < -0.4 is 14.4 Å². The molecule has 1 aliphatic heterocycles. The van der Waals surface area contributed by atoms with Crippen LogP contribution in [-0.4, -0.2) is 35.2 Å². The Hall–Kier alpha value is -3.07. The van der Waals surface area contributed by atoms with E-state index in [4.69, 9.17) is 4.74 Å². The second-order valence-corrected chi connectivity index (χ2v) is 7.26. The molecule has 0 aliphatic carbocycles. The van der Waals surface area contributed by atoms with Crippen molar-refractivity contribution in [3.8, 4) is 17.2 Å². The van der Waals surface area contributed by atoms with Crippen molar-refractivity contribution in [1.29, 1.82) is 0 Å². The Balaban J connectivity index is 1.91. The van der Waals surface area contributed by atoms with Crippen LogP contribution in [0.1, 0.15) is 19.4 Å². The van der Waals surface area contributed by atoms with E-state index in [-0.39, 0.29) is 23.1 Å². The van der Waals surface area contributed by atoms with Crippen LogP contribution in [0.3, 0.4) is 0 Å². The van der Waals surface area contributed by atoms with Gasteiger partial charge < -0.3 is 14.6 Å². The molecule has 6 nitrogen and oxygen atoms in total. The van der Waals surface area contributed by atoms with Crippen molar-refractivity contribution < 1.29 is 28.2 Å². The van der Waals surface area contributed by atoms with Crippen molar-refractivity contribution in [2.24, 2.45) is 4.99 Å². The van der Waals surface area contributed by atoms with Crippen molar-refractivity contribution in [1.82, 2.24) is 0 Å². The van der Waals surface area contributed by atoms with E-state index in [1.54, 1.807) is 25.1 Å². The smallest absolute Gasteiger partial charge is 0.387 e. The number of benzene rings is 2. The predicted molar refractivity (Wildman–Crippen MR) is 113 cm³/mol. The second kappa shape index (κ2) is 9.62. The first-order valence-electron chi connectivity index (χ1n) is 9.21. The summed E-state index contributed by atoms with van der Waals surface area (Å²) in [6.45, 7) is 1.21. The van der Waals surface area contributed by atoms with Crippen LogP contribution >= 0.6 is 11.8 Å². The number of phenols is 1. The van der Waals surface area contributed by atoms with Crippen molar-refractivity contribution in [2.75, 3.05) is 17.3 Å². The number of halogens is 2. The molecule has 2 aromatic rings. The molecule has 0 saturated heterocycles. The summed E-state index contributed by atoms with van der Waals surface area (Å²) in [5.74, 6) is 0.673. The number of phenolic OH excluding ortho intramolecular Hbond substituents is 1. The summed E-state index contributed by atoms with van der Waals surface area (Å²) in [6.07, 6.45) is 1.61. The van der Waals surface area contributed by atoms with Crippen LogP contribution in [0.2, 0.25) is 0 Å². The van der Waals surface area contributed by atoms with Crippen molar-refractivity contribution in [3.05, 3.63) is 53.7 Å². The van der Waals surface area contributed by atoms with E-state index in [0.717, 1.165) is 0 Å². The molecule has 1 aliphatic rings. The maximum absolute atomic E-state index is 13.0. The number of aliphatic imine (C=N–C) groups is 1. The zero-order valence-electron chi connectivity index (χ0n) is 16.3. The van der Waals surface area contributed by atoms with Crippen LogP contribution in [-0.2, 0) is 4.79 Å². The molecular formula is C21H20F2N2O4S. The standard InChI is InChI=1S/C21H20F2N2O4S/c1-3-28-18-12-13(5-10-17(18)26)11-16-19(27)25(21(24-16)30-4-2)14-6-8-15(9-7-14)29-20(22)23/h5-12,20,26H,3-4H2,1-2H3. The molecule has 0 fully saturated rings. The molecule has 1 heterocycles. The molecule has 3 rings (SSSR count). The molecule has 0 aromatic heterocycles. The Kier molecular flexibility index (Phi) is 6.94. The molecule has 0 atom stereocenters. The van der Waals surface area contributed by atoms with Gasteiger partial charge in [-0.3, -0.25) is 9.69 Å². The average Bonchev–Trinajstić information content (AvgIpc) is 3.00. The molecule has 0 bridgehead atoms. The van der Waals surface area contributed by atoms with Crippen molar-refractivity contribution in [3.63, 3.8) is 0 Å². The molecule has 158 valence electrons. The van der Waals surface area contributed by atoms with E-state index in [9.17, 15) is 18.7 Å². The molecule has 0 radical (unpaired) electrons. The number of nitrogens with zero attached hydrogens (tertiary/aromatic N) is 2. The van der Waals surface area contributed by atoms with Gasteiger partial charge in [-0.1, -0.05) is 24.8 Å². The number of hydrogen-bond donors (Lipinski definition) is 1. The fourth-order valence-electron chi connectivity index (χ4n) is 2.78. The fraction of sp³-hybridized carbons (Fsp3) is 0.238. The summed E-state index contributed by atoms with van der Waals surface area (Å²) in [6, 6.07) is 10.6. The van der Waals surface area contributed by atoms with Gasteiger partial charge in [0.15, 0.2) is 16.7 Å². The van der Waals surface area contributed by atoms with Crippen LogP contribution in [0.4, 0.5) is 14.5 Å². The highest BCUT2D eigenvalue weighted by atomic mass is 32.2. The van der Waals surface area contributed by atoms with E-state index >= 15 is 0 Å². The number of aromatic hydroxyl groups is 1. The third kappa shape index (κ3) is 4.91. The van der Waals surface area contributed by atoms with Gasteiger partial charge in [-0.2, -0.15) is 8.78 Å². The van der Waals surface area contributed by atoms with Gasteiger partial charge in [-0.25, -0.2) is 4.99 Å². The third-order valence-corrected chi connectivity index (χ3v) is 4.83. The van der Waals surface area contributed by atoms with Gasteiger partial charge in [0.05, 0.1) is 12.3 Å². The minimum absolute atomic E-state index is 0.00495. The highest BCUT2D eigenvalue weighted by molar-refractivity contribution is 8.14. The summed E-state index contributed by atoms with van der Waals surface area (Å²) in [7, 11) is 0. The Labute approximate surface area is 176 Å². The lowest BCUT2D eigenvalue weighted by Crippen LogP contribution is -2.30. The summed E-state index contributed by atoms with van der Waals surface area (Å²) in [5.41, 5.74) is 1.35. The van der Waals surface area contributed by atoms with E-state index in [1.807, 2.05) is 6.92 Å². The van der Waals surface area contributed by atoms with E-state index in [2.05, 4.69) is 9.73 Å². The largest absolute Gasteiger partial charge is 0.504 e. The SMILES string of the molecule is CCOc1cc(C=C2N=C(SCC)N(c3ccc(OC(F)F)cc3)C2=O)ccc1O. The van der Waals surface area contributed by atoms with Crippen LogP contribution in [0.25, 0.3) is 6.08 Å². The maximum atomic E-state index is 13.0. The molecule has 30 heavy (non-hydrogen) atoms. The first-order chi connectivity index (χ1) is 14.4. The number of carbonyl (C=O) groups is 1. The van der Waals surface area contributed by atoms with Gasteiger partial charge in [0.25, 0.3) is 5.91 Å². The zero-order valence-corrected chi connectivity index (χ0v) is 17.2. The van der Waals surface area contributed by atoms with Crippen LogP contribution in [0.5, 0.6) is 17.2 Å². The van der Waals surface area contributed by atoms with E-state index in [1.165, 1.54) is 47.0 Å². The number of alkyl halides is 2.